The standard InChI is InChI=1S/C14H13BrO4/c1-8(17)14(13(18)19-2)11(7-16)12(14)9-3-5-10(15)6-4-9/h3-7,11-12H,1-2H3/t11-,12-,14+/m1/s1. The molecule has 3 atom stereocenters. The summed E-state index contributed by atoms with van der Waals surface area (Å²) in [6.45, 7) is 1.33. The van der Waals surface area contributed by atoms with Crippen LogP contribution in [-0.4, -0.2) is 25.1 Å². The molecule has 5 heteroatoms. The molecular formula is C14H13BrO4. The Kier molecular flexibility index (Phi) is 3.58. The van der Waals surface area contributed by atoms with Gasteiger partial charge in [-0.15, -0.1) is 0 Å². The fraction of sp³-hybridized carbons (Fsp3) is 0.357. The zero-order valence-electron chi connectivity index (χ0n) is 10.6. The first-order valence-electron chi connectivity index (χ1n) is 5.80. The van der Waals surface area contributed by atoms with Gasteiger partial charge in [0.1, 0.15) is 17.5 Å². The summed E-state index contributed by atoms with van der Waals surface area (Å²) >= 11 is 3.32. The van der Waals surface area contributed by atoms with E-state index in [9.17, 15) is 14.4 Å². The highest BCUT2D eigenvalue weighted by molar-refractivity contribution is 9.10. The van der Waals surface area contributed by atoms with Crippen molar-refractivity contribution in [2.45, 2.75) is 12.8 Å². The van der Waals surface area contributed by atoms with Crippen molar-refractivity contribution < 1.29 is 19.1 Å². The minimum absolute atomic E-state index is 0.329. The lowest BCUT2D eigenvalue weighted by molar-refractivity contribution is -0.152. The maximum Gasteiger partial charge on any atom is 0.320 e. The minimum Gasteiger partial charge on any atom is -0.468 e. The van der Waals surface area contributed by atoms with E-state index >= 15 is 0 Å². The van der Waals surface area contributed by atoms with Gasteiger partial charge in [-0.2, -0.15) is 0 Å². The van der Waals surface area contributed by atoms with Crippen LogP contribution in [0.2, 0.25) is 0 Å². The van der Waals surface area contributed by atoms with Crippen molar-refractivity contribution in [1.29, 1.82) is 0 Å². The van der Waals surface area contributed by atoms with Crippen molar-refractivity contribution in [1.82, 2.24) is 0 Å². The van der Waals surface area contributed by atoms with Crippen molar-refractivity contribution in [2.24, 2.45) is 11.3 Å². The number of halogens is 1. The summed E-state index contributed by atoms with van der Waals surface area (Å²) in [6.07, 6.45) is 0.672. The Morgan fingerprint density at radius 1 is 1.32 bits per heavy atom. The average molecular weight is 325 g/mol. The molecule has 0 heterocycles. The lowest BCUT2D eigenvalue weighted by Crippen LogP contribution is -2.29. The summed E-state index contributed by atoms with van der Waals surface area (Å²) < 4.78 is 5.61. The van der Waals surface area contributed by atoms with Gasteiger partial charge in [0.05, 0.1) is 7.11 Å². The Morgan fingerprint density at radius 2 is 1.89 bits per heavy atom. The summed E-state index contributed by atoms with van der Waals surface area (Å²) in [5.74, 6) is -2.03. The van der Waals surface area contributed by atoms with Crippen molar-refractivity contribution in [3.63, 3.8) is 0 Å². The zero-order chi connectivity index (χ0) is 14.2. The first-order chi connectivity index (χ1) is 8.99. The second-order valence-electron chi connectivity index (χ2n) is 4.61. The second-order valence-corrected chi connectivity index (χ2v) is 5.52. The number of ketones is 1. The largest absolute Gasteiger partial charge is 0.468 e. The second kappa shape index (κ2) is 4.89. The average Bonchev–Trinajstić information content (AvgIpc) is 3.09. The molecule has 0 saturated heterocycles. The monoisotopic (exact) mass is 324 g/mol. The van der Waals surface area contributed by atoms with Crippen molar-refractivity contribution in [3.8, 4) is 0 Å². The molecule has 1 fully saturated rings. The van der Waals surface area contributed by atoms with Crippen LogP contribution < -0.4 is 0 Å². The highest BCUT2D eigenvalue weighted by Crippen LogP contribution is 2.65. The van der Waals surface area contributed by atoms with Crippen LogP contribution >= 0.6 is 15.9 Å². The SMILES string of the molecule is COC(=O)[C@@]1(C(C)=O)[C@H](C=O)[C@H]1c1ccc(Br)cc1. The number of rotatable bonds is 4. The van der Waals surface area contributed by atoms with Gasteiger partial charge in [0, 0.05) is 16.3 Å². The summed E-state index contributed by atoms with van der Waals surface area (Å²) in [5.41, 5.74) is -0.550. The number of aldehydes is 1. The van der Waals surface area contributed by atoms with E-state index < -0.39 is 23.2 Å². The summed E-state index contributed by atoms with van der Waals surface area (Å²) in [5, 5.41) is 0. The van der Waals surface area contributed by atoms with Crippen LogP contribution in [0.5, 0.6) is 0 Å². The number of carbonyl (C=O) groups excluding carboxylic acids is 3. The molecule has 0 amide bonds. The van der Waals surface area contributed by atoms with Crippen molar-refractivity contribution in [3.05, 3.63) is 34.3 Å². The maximum absolute atomic E-state index is 11.9. The molecule has 0 spiro atoms. The summed E-state index contributed by atoms with van der Waals surface area (Å²) in [6, 6.07) is 7.24. The molecular weight excluding hydrogens is 312 g/mol. The Bertz CT molecular complexity index is 537. The molecule has 4 nitrogen and oxygen atoms in total. The fourth-order valence-corrected chi connectivity index (χ4v) is 3.03. The van der Waals surface area contributed by atoms with Gasteiger partial charge >= 0.3 is 5.97 Å². The maximum atomic E-state index is 11.9. The highest BCUT2D eigenvalue weighted by Gasteiger charge is 2.74. The molecule has 1 aliphatic rings. The van der Waals surface area contributed by atoms with Crippen LogP contribution in [0.15, 0.2) is 28.7 Å². The molecule has 19 heavy (non-hydrogen) atoms. The fourth-order valence-electron chi connectivity index (χ4n) is 2.77. The van der Waals surface area contributed by atoms with Gasteiger partial charge in [-0.3, -0.25) is 9.59 Å². The van der Waals surface area contributed by atoms with Gasteiger partial charge in [-0.05, 0) is 24.6 Å². The van der Waals surface area contributed by atoms with E-state index in [0.717, 1.165) is 10.0 Å². The molecule has 2 rings (SSSR count). The minimum atomic E-state index is -1.34. The molecule has 1 aliphatic carbocycles. The van der Waals surface area contributed by atoms with Gasteiger partial charge in [-0.1, -0.05) is 28.1 Å². The van der Waals surface area contributed by atoms with Crippen molar-refractivity contribution >= 4 is 34.0 Å². The lowest BCUT2D eigenvalue weighted by atomic mass is 9.94. The van der Waals surface area contributed by atoms with Crippen LogP contribution in [0, 0.1) is 11.3 Å². The van der Waals surface area contributed by atoms with E-state index in [1.54, 1.807) is 12.1 Å². The molecule has 100 valence electrons. The van der Waals surface area contributed by atoms with E-state index in [0.29, 0.717) is 6.29 Å². The Morgan fingerprint density at radius 3 is 2.32 bits per heavy atom. The van der Waals surface area contributed by atoms with Gasteiger partial charge in [0.15, 0.2) is 0 Å². The van der Waals surface area contributed by atoms with Gasteiger partial charge < -0.3 is 9.53 Å². The zero-order valence-corrected chi connectivity index (χ0v) is 12.1. The number of Topliss-reactive ketones (excluding diaryl/α,β-unsaturated/α-hetero) is 1. The third-order valence-corrected chi connectivity index (χ3v) is 4.28. The Hall–Kier alpha value is -1.49. The van der Waals surface area contributed by atoms with Gasteiger partial charge in [0.2, 0.25) is 0 Å². The van der Waals surface area contributed by atoms with Gasteiger partial charge in [0.25, 0.3) is 0 Å². The number of esters is 1. The topological polar surface area (TPSA) is 60.4 Å². The number of benzene rings is 1. The smallest absolute Gasteiger partial charge is 0.320 e. The normalized spacial score (nSPS) is 28.6. The third-order valence-electron chi connectivity index (χ3n) is 3.75. The molecule has 1 aromatic rings. The first-order valence-corrected chi connectivity index (χ1v) is 6.59. The van der Waals surface area contributed by atoms with E-state index in [2.05, 4.69) is 15.9 Å². The lowest BCUT2D eigenvalue weighted by Gasteiger charge is -2.11. The predicted molar refractivity (Wildman–Crippen MR) is 71.6 cm³/mol. The quantitative estimate of drug-likeness (QED) is 0.483. The van der Waals surface area contributed by atoms with Crippen LogP contribution in [0.3, 0.4) is 0 Å². The predicted octanol–water partition coefficient (Wildman–Crippen LogP) is 2.11. The molecule has 0 aliphatic heterocycles. The van der Waals surface area contributed by atoms with Crippen LogP contribution in [-0.2, 0) is 19.1 Å². The number of methoxy groups -OCH3 is 1. The Balaban J connectivity index is 2.46. The van der Waals surface area contributed by atoms with E-state index in [-0.39, 0.29) is 5.78 Å². The van der Waals surface area contributed by atoms with E-state index in [1.165, 1.54) is 14.0 Å². The van der Waals surface area contributed by atoms with Crippen LogP contribution in [0.1, 0.15) is 18.4 Å². The van der Waals surface area contributed by atoms with Crippen LogP contribution in [0.25, 0.3) is 0 Å². The van der Waals surface area contributed by atoms with E-state index in [4.69, 9.17) is 4.74 Å². The molecule has 1 aromatic carbocycles. The Labute approximate surface area is 119 Å². The number of hydrogen-bond donors (Lipinski definition) is 0. The van der Waals surface area contributed by atoms with Gasteiger partial charge in [-0.25, -0.2) is 0 Å². The van der Waals surface area contributed by atoms with Crippen LogP contribution in [0.4, 0.5) is 0 Å². The molecule has 0 unspecified atom stereocenters. The first kappa shape index (κ1) is 13.9. The number of ether oxygens (including phenoxy) is 1. The third kappa shape index (κ3) is 1.92. The number of hydrogen-bond acceptors (Lipinski definition) is 4. The molecule has 0 aromatic heterocycles. The molecule has 0 bridgehead atoms. The summed E-state index contributed by atoms with van der Waals surface area (Å²) in [7, 11) is 1.23. The van der Waals surface area contributed by atoms with E-state index in [1.807, 2.05) is 12.1 Å². The molecule has 0 radical (unpaired) electrons. The number of carbonyl (C=O) groups is 3. The summed E-state index contributed by atoms with van der Waals surface area (Å²) in [4.78, 5) is 35.0. The molecule has 0 N–H and O–H groups in total. The molecule has 1 saturated carbocycles. The highest BCUT2D eigenvalue weighted by atomic mass is 79.9. The van der Waals surface area contributed by atoms with Crippen molar-refractivity contribution in [2.75, 3.05) is 7.11 Å².